The van der Waals surface area contributed by atoms with Gasteiger partial charge in [0.1, 0.15) is 0 Å². The highest BCUT2D eigenvalue weighted by molar-refractivity contribution is 9.10. The summed E-state index contributed by atoms with van der Waals surface area (Å²) in [5, 5.41) is 2.92. The highest BCUT2D eigenvalue weighted by Crippen LogP contribution is 2.31. The third kappa shape index (κ3) is 6.18. The van der Waals surface area contributed by atoms with Crippen LogP contribution >= 0.6 is 50.2 Å². The summed E-state index contributed by atoms with van der Waals surface area (Å²) in [4.78, 5) is 3.96. The maximum Gasteiger partial charge on any atom is 0.0442 e. The molecule has 0 amide bonds. The van der Waals surface area contributed by atoms with E-state index < -0.39 is 0 Å². The van der Waals surface area contributed by atoms with Crippen molar-refractivity contribution in [3.63, 3.8) is 0 Å². The van der Waals surface area contributed by atoms with Crippen molar-refractivity contribution in [2.24, 2.45) is 0 Å². The average Bonchev–Trinajstić information content (AvgIpc) is 3.51. The van der Waals surface area contributed by atoms with Gasteiger partial charge in [-0.3, -0.25) is 0 Å². The van der Waals surface area contributed by atoms with Crippen molar-refractivity contribution in [2.45, 2.75) is 6.42 Å². The summed E-state index contributed by atoms with van der Waals surface area (Å²) in [6.45, 7) is 0. The molecule has 0 N–H and O–H groups in total. The van der Waals surface area contributed by atoms with Gasteiger partial charge in [-0.25, -0.2) is 0 Å². The van der Waals surface area contributed by atoms with Crippen LogP contribution in [0.25, 0.3) is 20.9 Å². The van der Waals surface area contributed by atoms with Gasteiger partial charge in [0.25, 0.3) is 0 Å². The van der Waals surface area contributed by atoms with Crippen LogP contribution in [0.2, 0.25) is 5.02 Å². The molecule has 0 fully saturated rings. The van der Waals surface area contributed by atoms with Crippen LogP contribution in [0, 0.1) is 0 Å². The molecule has 0 unspecified atom stereocenters. The third-order valence-corrected chi connectivity index (χ3v) is 7.59. The van der Waals surface area contributed by atoms with Gasteiger partial charge in [0.2, 0.25) is 0 Å². The largest absolute Gasteiger partial charge is 0.144 e. The lowest BCUT2D eigenvalue weighted by Gasteiger charge is -2.03. The summed E-state index contributed by atoms with van der Waals surface area (Å²) < 4.78 is 1.07. The molecular weight excluding hydrogens is 504 g/mol. The van der Waals surface area contributed by atoms with Gasteiger partial charge in [-0.1, -0.05) is 94.3 Å². The number of benzene rings is 3. The van der Waals surface area contributed by atoms with Crippen LogP contribution < -0.4 is 0 Å². The average molecular weight is 524 g/mol. The zero-order chi connectivity index (χ0) is 21.5. The molecule has 0 nitrogen and oxygen atoms in total. The Morgan fingerprint density at radius 2 is 1.35 bits per heavy atom. The molecule has 154 valence electrons. The summed E-state index contributed by atoms with van der Waals surface area (Å²) in [6.07, 6.45) is 0.871. The van der Waals surface area contributed by atoms with Crippen LogP contribution in [0.15, 0.2) is 113 Å². The standard InChI is InChI=1S/C17H12BrClS.C10H8S/c18-14-6-8-16(19)13(10-14)11-15-7-9-17(20-15)12-4-2-1-3-5-12;1-2-5-9(6-3-1)10-7-4-8-11-10/h1-10H,11H2;1-8H. The van der Waals surface area contributed by atoms with E-state index >= 15 is 0 Å². The van der Waals surface area contributed by atoms with Gasteiger partial charge in [-0.05, 0) is 58.5 Å². The Morgan fingerprint density at radius 1 is 0.677 bits per heavy atom. The van der Waals surface area contributed by atoms with Crippen LogP contribution in [0.1, 0.15) is 10.4 Å². The highest BCUT2D eigenvalue weighted by Gasteiger charge is 2.06. The highest BCUT2D eigenvalue weighted by atomic mass is 79.9. The molecule has 0 radical (unpaired) electrons. The van der Waals surface area contributed by atoms with Crippen LogP contribution in [0.3, 0.4) is 0 Å². The Morgan fingerprint density at radius 3 is 2.00 bits per heavy atom. The van der Waals surface area contributed by atoms with Gasteiger partial charge in [-0.15, -0.1) is 22.7 Å². The van der Waals surface area contributed by atoms with Crippen LogP contribution in [-0.4, -0.2) is 0 Å². The Balaban J connectivity index is 0.000000177. The first-order valence-corrected chi connectivity index (χ1v) is 12.7. The first-order chi connectivity index (χ1) is 15.2. The summed E-state index contributed by atoms with van der Waals surface area (Å²) in [5.74, 6) is 0. The predicted molar refractivity (Wildman–Crippen MR) is 141 cm³/mol. The van der Waals surface area contributed by atoms with E-state index in [1.165, 1.54) is 25.8 Å². The number of halogens is 2. The van der Waals surface area contributed by atoms with Gasteiger partial charge < -0.3 is 0 Å². The first-order valence-electron chi connectivity index (χ1n) is 9.86. The normalized spacial score (nSPS) is 10.4. The van der Waals surface area contributed by atoms with Gasteiger partial charge >= 0.3 is 0 Å². The molecule has 0 aliphatic rings. The lowest BCUT2D eigenvalue weighted by atomic mass is 10.1. The van der Waals surface area contributed by atoms with Crippen molar-refractivity contribution in [2.75, 3.05) is 0 Å². The maximum atomic E-state index is 6.25. The minimum absolute atomic E-state index is 0.822. The molecule has 31 heavy (non-hydrogen) atoms. The fourth-order valence-electron chi connectivity index (χ4n) is 3.14. The van der Waals surface area contributed by atoms with Crippen LogP contribution in [-0.2, 0) is 6.42 Å². The van der Waals surface area contributed by atoms with E-state index in [4.69, 9.17) is 11.6 Å². The Hall–Kier alpha value is -2.17. The van der Waals surface area contributed by atoms with Crippen molar-refractivity contribution >= 4 is 50.2 Å². The van der Waals surface area contributed by atoms with Gasteiger partial charge in [0, 0.05) is 30.5 Å². The molecular formula is C27H20BrClS2. The van der Waals surface area contributed by atoms with Crippen LogP contribution in [0.5, 0.6) is 0 Å². The number of hydrogen-bond acceptors (Lipinski definition) is 2. The third-order valence-electron chi connectivity index (χ3n) is 4.67. The van der Waals surface area contributed by atoms with Crippen molar-refractivity contribution in [1.29, 1.82) is 0 Å². The van der Waals surface area contributed by atoms with Crippen molar-refractivity contribution < 1.29 is 0 Å². The number of hydrogen-bond donors (Lipinski definition) is 0. The summed E-state index contributed by atoms with van der Waals surface area (Å²) in [6, 6.07) is 35.5. The molecule has 0 saturated carbocycles. The Bertz CT molecular complexity index is 1210. The fraction of sp³-hybridized carbons (Fsp3) is 0.0370. The predicted octanol–water partition coefficient (Wildman–Crippen LogP) is 9.84. The molecule has 5 rings (SSSR count). The first kappa shape index (κ1) is 22.0. The number of thiophene rings is 2. The molecule has 3 aromatic carbocycles. The zero-order valence-corrected chi connectivity index (χ0v) is 20.6. The number of rotatable bonds is 4. The monoisotopic (exact) mass is 522 g/mol. The second-order valence-corrected chi connectivity index (χ2v) is 10.3. The Labute approximate surface area is 204 Å². The zero-order valence-electron chi connectivity index (χ0n) is 16.7. The summed E-state index contributed by atoms with van der Waals surface area (Å²) >= 11 is 13.3. The molecule has 4 heteroatoms. The van der Waals surface area contributed by atoms with E-state index in [1.807, 2.05) is 35.6 Å². The summed E-state index contributed by atoms with van der Waals surface area (Å²) in [7, 11) is 0. The molecule has 5 aromatic rings. The smallest absolute Gasteiger partial charge is 0.0442 e. The molecule has 0 atom stereocenters. The molecule has 0 saturated heterocycles. The van der Waals surface area contributed by atoms with Gasteiger partial charge in [0.05, 0.1) is 0 Å². The minimum atomic E-state index is 0.822. The molecule has 2 heterocycles. The van der Waals surface area contributed by atoms with Crippen molar-refractivity contribution in [3.05, 3.63) is 128 Å². The molecule has 2 aromatic heterocycles. The molecule has 0 spiro atoms. The second-order valence-electron chi connectivity index (χ2n) is 6.89. The van der Waals surface area contributed by atoms with E-state index in [9.17, 15) is 0 Å². The SMILES string of the molecule is Clc1ccc(Br)cc1Cc1ccc(-c2ccccc2)s1.c1ccc(-c2cccs2)cc1. The fourth-order valence-corrected chi connectivity index (χ4v) is 5.50. The van der Waals surface area contributed by atoms with E-state index in [2.05, 4.69) is 100 Å². The lowest BCUT2D eigenvalue weighted by molar-refractivity contribution is 1.24. The minimum Gasteiger partial charge on any atom is -0.144 e. The second kappa shape index (κ2) is 10.9. The lowest BCUT2D eigenvalue weighted by Crippen LogP contribution is -1.86. The molecule has 0 bridgehead atoms. The maximum absolute atomic E-state index is 6.25. The van der Waals surface area contributed by atoms with E-state index in [-0.39, 0.29) is 0 Å². The molecule has 0 aliphatic carbocycles. The van der Waals surface area contributed by atoms with Crippen molar-refractivity contribution in [3.8, 4) is 20.9 Å². The van der Waals surface area contributed by atoms with Crippen molar-refractivity contribution in [1.82, 2.24) is 0 Å². The molecule has 0 aliphatic heterocycles. The van der Waals surface area contributed by atoms with E-state index in [0.29, 0.717) is 0 Å². The van der Waals surface area contributed by atoms with Gasteiger partial charge in [-0.2, -0.15) is 0 Å². The summed E-state index contributed by atoms with van der Waals surface area (Å²) in [5.41, 5.74) is 3.73. The van der Waals surface area contributed by atoms with E-state index in [1.54, 1.807) is 11.3 Å². The van der Waals surface area contributed by atoms with Gasteiger partial charge in [0.15, 0.2) is 0 Å². The Kier molecular flexibility index (Phi) is 7.76. The van der Waals surface area contributed by atoms with E-state index in [0.717, 1.165) is 21.5 Å². The topological polar surface area (TPSA) is 0 Å². The van der Waals surface area contributed by atoms with Crippen LogP contribution in [0.4, 0.5) is 0 Å². The quantitative estimate of drug-likeness (QED) is 0.220.